The number of carbonyl (C=O) groups is 1. The van der Waals surface area contributed by atoms with E-state index < -0.39 is 0 Å². The van der Waals surface area contributed by atoms with Crippen LogP contribution in [0.1, 0.15) is 21.8 Å². The van der Waals surface area contributed by atoms with Crippen molar-refractivity contribution in [2.45, 2.75) is 13.5 Å². The molecule has 0 atom stereocenters. The maximum absolute atomic E-state index is 11.9. The van der Waals surface area contributed by atoms with Crippen molar-refractivity contribution in [2.24, 2.45) is 0 Å². The Balaban J connectivity index is 1.67. The highest BCUT2D eigenvalue weighted by atomic mass is 16.5. The summed E-state index contributed by atoms with van der Waals surface area (Å²) in [6.45, 7) is 2.11. The summed E-state index contributed by atoms with van der Waals surface area (Å²) in [5, 5.41) is 11.4. The minimum absolute atomic E-state index is 0.106. The highest BCUT2D eigenvalue weighted by Gasteiger charge is 2.14. The lowest BCUT2D eigenvalue weighted by atomic mass is 10.2. The monoisotopic (exact) mass is 342 g/mol. The number of hydrogen-bond acceptors (Lipinski definition) is 6. The minimum Gasteiger partial charge on any atom is -0.487 e. The first-order valence-corrected chi connectivity index (χ1v) is 7.79. The lowest BCUT2D eigenvalue weighted by Gasteiger charge is -2.07. The van der Waals surface area contributed by atoms with Gasteiger partial charge in [-0.25, -0.2) is 4.98 Å². The number of furan rings is 1. The van der Waals surface area contributed by atoms with Gasteiger partial charge in [0.05, 0.1) is 12.9 Å². The smallest absolute Gasteiger partial charge is 0.263 e. The molecule has 2 N–H and O–H groups in total. The number of rotatable bonds is 7. The molecule has 0 radical (unpaired) electrons. The van der Waals surface area contributed by atoms with Crippen molar-refractivity contribution < 1.29 is 23.5 Å². The highest BCUT2D eigenvalue weighted by Crippen LogP contribution is 2.23. The average Bonchev–Trinajstić information content (AvgIpc) is 3.28. The summed E-state index contributed by atoms with van der Waals surface area (Å²) in [5.74, 6) is 1.87. The van der Waals surface area contributed by atoms with Crippen molar-refractivity contribution in [3.63, 3.8) is 0 Å². The fourth-order valence-electron chi connectivity index (χ4n) is 2.22. The fourth-order valence-corrected chi connectivity index (χ4v) is 2.22. The Labute approximate surface area is 144 Å². The average molecular weight is 342 g/mol. The second-order valence-corrected chi connectivity index (χ2v) is 5.30. The largest absolute Gasteiger partial charge is 0.487 e. The van der Waals surface area contributed by atoms with Crippen LogP contribution in [0.25, 0.3) is 11.7 Å². The Kier molecular flexibility index (Phi) is 5.15. The second-order valence-electron chi connectivity index (χ2n) is 5.30. The molecule has 3 aromatic rings. The first-order valence-electron chi connectivity index (χ1n) is 7.79. The van der Waals surface area contributed by atoms with E-state index in [4.69, 9.17) is 18.7 Å². The summed E-state index contributed by atoms with van der Waals surface area (Å²) < 4.78 is 16.6. The zero-order valence-corrected chi connectivity index (χ0v) is 13.7. The molecule has 7 nitrogen and oxygen atoms in total. The molecule has 0 aliphatic carbocycles. The molecule has 7 heteroatoms. The third-order valence-corrected chi connectivity index (χ3v) is 3.49. The van der Waals surface area contributed by atoms with Gasteiger partial charge in [0.15, 0.2) is 5.76 Å². The van der Waals surface area contributed by atoms with Crippen LogP contribution >= 0.6 is 0 Å². The van der Waals surface area contributed by atoms with E-state index in [1.54, 1.807) is 49.6 Å². The number of aryl methyl sites for hydroxylation is 1. The van der Waals surface area contributed by atoms with E-state index >= 15 is 0 Å². The lowest BCUT2D eigenvalue weighted by Crippen LogP contribution is -2.26. The molecular weight excluding hydrogens is 324 g/mol. The third kappa shape index (κ3) is 4.07. The van der Waals surface area contributed by atoms with Gasteiger partial charge in [0.1, 0.15) is 23.8 Å². The molecule has 0 fully saturated rings. The number of hydrogen-bond donors (Lipinski definition) is 2. The normalized spacial score (nSPS) is 10.6. The lowest BCUT2D eigenvalue weighted by molar-refractivity contribution is 0.0944. The standard InChI is InChI=1S/C18H18N2O5/c1-12-15(20-18(25-12)16-6-3-9-23-16)11-24-14-5-2-4-13(10-14)17(22)19-7-8-21/h2-6,9-10,21H,7-8,11H2,1H3,(H,19,22). The SMILES string of the molecule is Cc1oc(-c2ccco2)nc1COc1cccc(C(=O)NCCO)c1. The first kappa shape index (κ1) is 16.8. The predicted molar refractivity (Wildman–Crippen MR) is 89.1 cm³/mol. The number of aliphatic hydroxyl groups excluding tert-OH is 1. The van der Waals surface area contributed by atoms with Crippen LogP contribution in [-0.4, -0.2) is 29.1 Å². The molecule has 0 aliphatic rings. The van der Waals surface area contributed by atoms with Gasteiger partial charge in [0, 0.05) is 12.1 Å². The molecule has 0 saturated heterocycles. The summed E-state index contributed by atoms with van der Waals surface area (Å²) >= 11 is 0. The highest BCUT2D eigenvalue weighted by molar-refractivity contribution is 5.94. The number of ether oxygens (including phenoxy) is 1. The van der Waals surface area contributed by atoms with Crippen molar-refractivity contribution in [2.75, 3.05) is 13.2 Å². The number of aromatic nitrogens is 1. The van der Waals surface area contributed by atoms with E-state index in [0.29, 0.717) is 34.4 Å². The zero-order chi connectivity index (χ0) is 17.6. The summed E-state index contributed by atoms with van der Waals surface area (Å²) in [6.07, 6.45) is 1.55. The van der Waals surface area contributed by atoms with Gasteiger partial charge < -0.3 is 24.0 Å². The second kappa shape index (κ2) is 7.67. The predicted octanol–water partition coefficient (Wildman–Crippen LogP) is 2.54. The molecule has 2 heterocycles. The molecule has 1 amide bonds. The number of nitrogens with one attached hydrogen (secondary N) is 1. The molecule has 0 unspecified atom stereocenters. The van der Waals surface area contributed by atoms with Crippen LogP contribution < -0.4 is 10.1 Å². The zero-order valence-electron chi connectivity index (χ0n) is 13.7. The Bertz CT molecular complexity index is 839. The summed E-state index contributed by atoms with van der Waals surface area (Å²) in [7, 11) is 0. The molecule has 3 rings (SSSR count). The van der Waals surface area contributed by atoms with E-state index in [1.807, 2.05) is 0 Å². The van der Waals surface area contributed by atoms with Crippen molar-refractivity contribution >= 4 is 5.91 Å². The van der Waals surface area contributed by atoms with Crippen molar-refractivity contribution in [3.05, 3.63) is 59.7 Å². The van der Waals surface area contributed by atoms with Crippen LogP contribution in [0.4, 0.5) is 0 Å². The Morgan fingerprint density at radius 1 is 1.32 bits per heavy atom. The Morgan fingerprint density at radius 3 is 2.96 bits per heavy atom. The van der Waals surface area contributed by atoms with Crippen LogP contribution in [0.15, 0.2) is 51.5 Å². The number of oxazole rings is 1. The van der Waals surface area contributed by atoms with Gasteiger partial charge >= 0.3 is 0 Å². The van der Waals surface area contributed by atoms with Crippen molar-refractivity contribution in [3.8, 4) is 17.4 Å². The van der Waals surface area contributed by atoms with Gasteiger partial charge in [-0.1, -0.05) is 6.07 Å². The number of aliphatic hydroxyl groups is 1. The molecule has 0 spiro atoms. The van der Waals surface area contributed by atoms with Gasteiger partial charge in [-0.15, -0.1) is 0 Å². The first-order chi connectivity index (χ1) is 12.2. The van der Waals surface area contributed by atoms with Crippen molar-refractivity contribution in [1.82, 2.24) is 10.3 Å². The number of amides is 1. The van der Waals surface area contributed by atoms with E-state index in [1.165, 1.54) is 0 Å². The maximum Gasteiger partial charge on any atom is 0.263 e. The number of benzene rings is 1. The van der Waals surface area contributed by atoms with Crippen LogP contribution in [0.5, 0.6) is 5.75 Å². The van der Waals surface area contributed by atoms with Crippen LogP contribution in [0.3, 0.4) is 0 Å². The summed E-state index contributed by atoms with van der Waals surface area (Å²) in [6, 6.07) is 10.3. The quantitative estimate of drug-likeness (QED) is 0.685. The minimum atomic E-state index is -0.266. The Morgan fingerprint density at radius 2 is 2.20 bits per heavy atom. The molecule has 2 aromatic heterocycles. The van der Waals surface area contributed by atoms with Gasteiger partial charge in [-0.05, 0) is 37.3 Å². The van der Waals surface area contributed by atoms with Crippen LogP contribution in [0, 0.1) is 6.92 Å². The Hall–Kier alpha value is -3.06. The fraction of sp³-hybridized carbons (Fsp3) is 0.222. The molecule has 130 valence electrons. The van der Waals surface area contributed by atoms with E-state index in [2.05, 4.69) is 10.3 Å². The number of nitrogens with zero attached hydrogens (tertiary/aromatic N) is 1. The van der Waals surface area contributed by atoms with Gasteiger partial charge in [-0.3, -0.25) is 4.79 Å². The van der Waals surface area contributed by atoms with E-state index in [9.17, 15) is 4.79 Å². The van der Waals surface area contributed by atoms with Crippen LogP contribution in [-0.2, 0) is 6.61 Å². The van der Waals surface area contributed by atoms with Crippen LogP contribution in [0.2, 0.25) is 0 Å². The van der Waals surface area contributed by atoms with E-state index in [-0.39, 0.29) is 25.7 Å². The molecule has 0 bridgehead atoms. The molecule has 1 aromatic carbocycles. The molecular formula is C18H18N2O5. The van der Waals surface area contributed by atoms with Gasteiger partial charge in [-0.2, -0.15) is 0 Å². The maximum atomic E-state index is 11.9. The van der Waals surface area contributed by atoms with E-state index in [0.717, 1.165) is 0 Å². The molecule has 0 aliphatic heterocycles. The molecule has 25 heavy (non-hydrogen) atoms. The topological polar surface area (TPSA) is 97.7 Å². The summed E-state index contributed by atoms with van der Waals surface area (Å²) in [5.41, 5.74) is 1.11. The van der Waals surface area contributed by atoms with Gasteiger partial charge in [0.2, 0.25) is 0 Å². The summed E-state index contributed by atoms with van der Waals surface area (Å²) in [4.78, 5) is 16.3. The third-order valence-electron chi connectivity index (χ3n) is 3.49. The van der Waals surface area contributed by atoms with Gasteiger partial charge in [0.25, 0.3) is 11.8 Å². The molecule has 0 saturated carbocycles. The van der Waals surface area contributed by atoms with Crippen molar-refractivity contribution in [1.29, 1.82) is 0 Å². The number of carbonyl (C=O) groups excluding carboxylic acids is 1.